The largest absolute Gasteiger partial charge is 0.310 e. The second-order valence-corrected chi connectivity index (χ2v) is 5.21. The summed E-state index contributed by atoms with van der Waals surface area (Å²) in [5.74, 6) is -0.171. The Balaban J connectivity index is 1.73. The molecule has 0 unspecified atom stereocenters. The molecule has 0 saturated heterocycles. The van der Waals surface area contributed by atoms with Gasteiger partial charge in [-0.3, -0.25) is 4.90 Å². The minimum atomic E-state index is -0.171. The van der Waals surface area contributed by atoms with Gasteiger partial charge >= 0.3 is 0 Å². The van der Waals surface area contributed by atoms with Crippen LogP contribution in [0.1, 0.15) is 18.4 Å². The van der Waals surface area contributed by atoms with Crippen LogP contribution in [0.15, 0.2) is 36.4 Å². The molecule has 0 bridgehead atoms. The molecular weight excluding hydrogens is 227 g/mol. The number of nitrogens with one attached hydrogen (secondary N) is 1. The van der Waals surface area contributed by atoms with Gasteiger partial charge in [0.15, 0.2) is 0 Å². The first-order valence-corrected chi connectivity index (χ1v) is 6.46. The summed E-state index contributed by atoms with van der Waals surface area (Å²) in [4.78, 5) is 2.16. The summed E-state index contributed by atoms with van der Waals surface area (Å²) in [5, 5.41) is 3.45. The molecule has 3 heteroatoms. The zero-order valence-electron chi connectivity index (χ0n) is 11.0. The molecular formula is C15H21FN2. The molecule has 1 aliphatic rings. The highest BCUT2D eigenvalue weighted by Crippen LogP contribution is 2.18. The Bertz CT molecular complexity index is 413. The number of hydrogen-bond donors (Lipinski definition) is 1. The predicted octanol–water partition coefficient (Wildman–Crippen LogP) is 2.57. The molecule has 0 heterocycles. The SMILES string of the molecule is C=C(CNC1CC1)CN(C)Cc1cccc(F)c1. The summed E-state index contributed by atoms with van der Waals surface area (Å²) in [5.41, 5.74) is 2.18. The number of likely N-dealkylation sites (N-methyl/N-ethyl adjacent to an activating group) is 1. The highest BCUT2D eigenvalue weighted by molar-refractivity contribution is 5.16. The maximum atomic E-state index is 13.1. The van der Waals surface area contributed by atoms with Gasteiger partial charge in [-0.05, 0) is 43.2 Å². The van der Waals surface area contributed by atoms with E-state index in [1.54, 1.807) is 12.1 Å². The van der Waals surface area contributed by atoms with E-state index in [1.165, 1.54) is 24.5 Å². The third kappa shape index (κ3) is 4.59. The van der Waals surface area contributed by atoms with Crippen molar-refractivity contribution in [3.63, 3.8) is 0 Å². The number of rotatable bonds is 7. The normalized spacial score (nSPS) is 15.1. The van der Waals surface area contributed by atoms with Crippen LogP contribution in [0.25, 0.3) is 0 Å². The standard InChI is InChI=1S/C15H21FN2/c1-12(9-17-15-6-7-15)10-18(2)11-13-4-3-5-14(16)8-13/h3-5,8,15,17H,1,6-7,9-11H2,2H3. The average Bonchev–Trinajstić information content (AvgIpc) is 3.09. The zero-order chi connectivity index (χ0) is 13.0. The Labute approximate surface area is 108 Å². The van der Waals surface area contributed by atoms with Crippen molar-refractivity contribution in [1.82, 2.24) is 10.2 Å². The zero-order valence-corrected chi connectivity index (χ0v) is 11.0. The summed E-state index contributed by atoms with van der Waals surface area (Å²) in [6.07, 6.45) is 2.60. The van der Waals surface area contributed by atoms with E-state index in [9.17, 15) is 4.39 Å². The third-order valence-corrected chi connectivity index (χ3v) is 3.05. The van der Waals surface area contributed by atoms with Crippen LogP contribution in [0.2, 0.25) is 0 Å². The van der Waals surface area contributed by atoms with Gasteiger partial charge in [-0.1, -0.05) is 18.7 Å². The van der Waals surface area contributed by atoms with Crippen molar-refractivity contribution >= 4 is 0 Å². The fourth-order valence-electron chi connectivity index (χ4n) is 2.02. The second kappa shape index (κ2) is 6.12. The van der Waals surface area contributed by atoms with Gasteiger partial charge in [0.25, 0.3) is 0 Å². The summed E-state index contributed by atoms with van der Waals surface area (Å²) in [6.45, 7) is 6.56. The van der Waals surface area contributed by atoms with Crippen molar-refractivity contribution in [3.8, 4) is 0 Å². The molecule has 2 rings (SSSR count). The summed E-state index contributed by atoms with van der Waals surface area (Å²) in [6, 6.07) is 7.48. The van der Waals surface area contributed by atoms with Crippen LogP contribution in [-0.4, -0.2) is 31.1 Å². The first-order chi connectivity index (χ1) is 8.63. The summed E-state index contributed by atoms with van der Waals surface area (Å²) < 4.78 is 13.1. The molecule has 1 aromatic carbocycles. The molecule has 0 aromatic heterocycles. The Hall–Kier alpha value is -1.19. The number of hydrogen-bond acceptors (Lipinski definition) is 2. The number of benzene rings is 1. The van der Waals surface area contributed by atoms with E-state index < -0.39 is 0 Å². The van der Waals surface area contributed by atoms with Crippen molar-refractivity contribution in [2.24, 2.45) is 0 Å². The minimum absolute atomic E-state index is 0.171. The van der Waals surface area contributed by atoms with E-state index in [4.69, 9.17) is 0 Å². The lowest BCUT2D eigenvalue weighted by molar-refractivity contribution is 0.351. The van der Waals surface area contributed by atoms with Crippen LogP contribution in [0.3, 0.4) is 0 Å². The van der Waals surface area contributed by atoms with Gasteiger partial charge in [0.2, 0.25) is 0 Å². The Morgan fingerprint density at radius 3 is 2.94 bits per heavy atom. The van der Waals surface area contributed by atoms with Gasteiger partial charge in [-0.25, -0.2) is 4.39 Å². The maximum absolute atomic E-state index is 13.1. The first kappa shape index (κ1) is 13.2. The lowest BCUT2D eigenvalue weighted by atomic mass is 10.2. The number of halogens is 1. The molecule has 1 aromatic rings. The molecule has 2 nitrogen and oxygen atoms in total. The molecule has 18 heavy (non-hydrogen) atoms. The van der Waals surface area contributed by atoms with Gasteiger partial charge in [-0.2, -0.15) is 0 Å². The van der Waals surface area contributed by atoms with E-state index in [0.29, 0.717) is 0 Å². The molecule has 0 aliphatic heterocycles. The fraction of sp³-hybridized carbons (Fsp3) is 0.467. The van der Waals surface area contributed by atoms with Crippen molar-refractivity contribution in [2.45, 2.75) is 25.4 Å². The molecule has 1 N–H and O–H groups in total. The van der Waals surface area contributed by atoms with Crippen LogP contribution in [0.5, 0.6) is 0 Å². The highest BCUT2D eigenvalue weighted by atomic mass is 19.1. The van der Waals surface area contributed by atoms with Crippen molar-refractivity contribution in [2.75, 3.05) is 20.1 Å². The van der Waals surface area contributed by atoms with Crippen molar-refractivity contribution in [3.05, 3.63) is 47.8 Å². The van der Waals surface area contributed by atoms with Gasteiger partial charge in [0.1, 0.15) is 5.82 Å². The van der Waals surface area contributed by atoms with Crippen LogP contribution in [0, 0.1) is 5.82 Å². The smallest absolute Gasteiger partial charge is 0.123 e. The van der Waals surface area contributed by atoms with Crippen molar-refractivity contribution < 1.29 is 4.39 Å². The molecule has 1 fully saturated rings. The molecule has 98 valence electrons. The molecule has 0 radical (unpaired) electrons. The molecule has 0 spiro atoms. The monoisotopic (exact) mass is 248 g/mol. The minimum Gasteiger partial charge on any atom is -0.310 e. The van der Waals surface area contributed by atoms with Crippen LogP contribution >= 0.6 is 0 Å². The lowest BCUT2D eigenvalue weighted by Crippen LogP contribution is -2.26. The van der Waals surface area contributed by atoms with Gasteiger partial charge in [0, 0.05) is 25.7 Å². The van der Waals surface area contributed by atoms with E-state index in [-0.39, 0.29) is 5.82 Å². The Morgan fingerprint density at radius 2 is 2.28 bits per heavy atom. The van der Waals surface area contributed by atoms with E-state index in [2.05, 4.69) is 16.8 Å². The third-order valence-electron chi connectivity index (χ3n) is 3.05. The Morgan fingerprint density at radius 1 is 1.50 bits per heavy atom. The predicted molar refractivity (Wildman–Crippen MR) is 72.9 cm³/mol. The topological polar surface area (TPSA) is 15.3 Å². The number of nitrogens with zero attached hydrogens (tertiary/aromatic N) is 1. The van der Waals surface area contributed by atoms with Gasteiger partial charge < -0.3 is 5.32 Å². The first-order valence-electron chi connectivity index (χ1n) is 6.46. The van der Waals surface area contributed by atoms with Crippen molar-refractivity contribution in [1.29, 1.82) is 0 Å². The van der Waals surface area contributed by atoms with E-state index >= 15 is 0 Å². The molecule has 1 saturated carbocycles. The maximum Gasteiger partial charge on any atom is 0.123 e. The molecule has 0 atom stereocenters. The van der Waals surface area contributed by atoms with Crippen LogP contribution in [0.4, 0.5) is 4.39 Å². The Kier molecular flexibility index (Phi) is 4.50. The van der Waals surface area contributed by atoms with Crippen LogP contribution in [-0.2, 0) is 6.54 Å². The van der Waals surface area contributed by atoms with E-state index in [1.807, 2.05) is 13.1 Å². The van der Waals surface area contributed by atoms with Gasteiger partial charge in [0.05, 0.1) is 0 Å². The lowest BCUT2D eigenvalue weighted by Gasteiger charge is -2.18. The fourth-order valence-corrected chi connectivity index (χ4v) is 2.02. The van der Waals surface area contributed by atoms with Crippen LogP contribution < -0.4 is 5.32 Å². The van der Waals surface area contributed by atoms with Gasteiger partial charge in [-0.15, -0.1) is 0 Å². The highest BCUT2D eigenvalue weighted by Gasteiger charge is 2.20. The molecule has 0 amide bonds. The quantitative estimate of drug-likeness (QED) is 0.746. The summed E-state index contributed by atoms with van der Waals surface area (Å²) in [7, 11) is 2.03. The molecule has 1 aliphatic carbocycles. The van der Waals surface area contributed by atoms with E-state index in [0.717, 1.165) is 31.2 Å². The average molecular weight is 248 g/mol. The summed E-state index contributed by atoms with van der Waals surface area (Å²) >= 11 is 0. The second-order valence-electron chi connectivity index (χ2n) is 5.21.